The molecule has 1 saturated carbocycles. The van der Waals surface area contributed by atoms with E-state index in [2.05, 4.69) is 62.1 Å². The summed E-state index contributed by atoms with van der Waals surface area (Å²) in [6.07, 6.45) is 8.20. The smallest absolute Gasteiger partial charge is 0.128 e. The van der Waals surface area contributed by atoms with E-state index >= 15 is 0 Å². The number of rotatable bonds is 10. The lowest BCUT2D eigenvalue weighted by Gasteiger charge is -2.40. The molecule has 1 aliphatic rings. The fourth-order valence-corrected chi connectivity index (χ4v) is 5.68. The van der Waals surface area contributed by atoms with Crippen molar-refractivity contribution in [2.45, 2.75) is 89.6 Å². The van der Waals surface area contributed by atoms with Crippen molar-refractivity contribution in [1.82, 2.24) is 4.90 Å². The lowest BCUT2D eigenvalue weighted by Crippen LogP contribution is -2.42. The molecular formula is C29H39FN2. The second-order valence-electron chi connectivity index (χ2n) is 9.85. The molecule has 2 aromatic carbocycles. The quantitative estimate of drug-likeness (QED) is 0.392. The van der Waals surface area contributed by atoms with E-state index in [1.54, 1.807) is 6.07 Å². The first-order chi connectivity index (χ1) is 15.5. The van der Waals surface area contributed by atoms with Crippen molar-refractivity contribution in [3.8, 4) is 6.07 Å². The van der Waals surface area contributed by atoms with Crippen molar-refractivity contribution in [3.63, 3.8) is 0 Å². The number of halogens is 1. The lowest BCUT2D eigenvalue weighted by atomic mass is 9.63. The third-order valence-corrected chi connectivity index (χ3v) is 7.54. The largest absolute Gasteiger partial charge is 0.298 e. The second kappa shape index (κ2) is 11.6. The van der Waals surface area contributed by atoms with Crippen molar-refractivity contribution >= 4 is 0 Å². The molecule has 0 amide bonds. The molecule has 0 heterocycles. The molecule has 32 heavy (non-hydrogen) atoms. The van der Waals surface area contributed by atoms with E-state index in [0.29, 0.717) is 24.1 Å². The van der Waals surface area contributed by atoms with Crippen molar-refractivity contribution in [3.05, 3.63) is 71.5 Å². The SMILES string of the molecule is CC(C)N(CCc1ccccc1)C(C)CCC(C#N)(c1ccccc1F)C1CCCCC1. The van der Waals surface area contributed by atoms with E-state index < -0.39 is 5.41 Å². The van der Waals surface area contributed by atoms with Gasteiger partial charge in [0, 0.05) is 24.2 Å². The third-order valence-electron chi connectivity index (χ3n) is 7.54. The molecule has 2 aromatic rings. The molecular weight excluding hydrogens is 395 g/mol. The van der Waals surface area contributed by atoms with Crippen LogP contribution in [0.15, 0.2) is 54.6 Å². The van der Waals surface area contributed by atoms with E-state index in [9.17, 15) is 9.65 Å². The zero-order chi connectivity index (χ0) is 23.0. The van der Waals surface area contributed by atoms with Gasteiger partial charge in [0.25, 0.3) is 0 Å². The fourth-order valence-electron chi connectivity index (χ4n) is 5.68. The minimum atomic E-state index is -0.734. The first-order valence-electron chi connectivity index (χ1n) is 12.4. The zero-order valence-electron chi connectivity index (χ0n) is 20.1. The van der Waals surface area contributed by atoms with Gasteiger partial charge in [-0.15, -0.1) is 0 Å². The fraction of sp³-hybridized carbons (Fsp3) is 0.552. The summed E-state index contributed by atoms with van der Waals surface area (Å²) in [6, 6.07) is 21.0. The van der Waals surface area contributed by atoms with Crippen LogP contribution >= 0.6 is 0 Å². The van der Waals surface area contributed by atoms with Crippen LogP contribution in [0.2, 0.25) is 0 Å². The molecule has 2 nitrogen and oxygen atoms in total. The predicted molar refractivity (Wildman–Crippen MR) is 131 cm³/mol. The number of benzene rings is 2. The van der Waals surface area contributed by atoms with Crippen LogP contribution in [0.1, 0.15) is 76.8 Å². The summed E-state index contributed by atoms with van der Waals surface area (Å²) in [5, 5.41) is 10.5. The second-order valence-corrected chi connectivity index (χ2v) is 9.85. The Balaban J connectivity index is 1.78. The number of nitriles is 1. The van der Waals surface area contributed by atoms with Crippen LogP contribution in [0.5, 0.6) is 0 Å². The van der Waals surface area contributed by atoms with Gasteiger partial charge in [-0.2, -0.15) is 5.26 Å². The van der Waals surface area contributed by atoms with E-state index in [1.165, 1.54) is 18.1 Å². The molecule has 0 radical (unpaired) electrons. The average Bonchev–Trinajstić information content (AvgIpc) is 2.82. The lowest BCUT2D eigenvalue weighted by molar-refractivity contribution is 0.141. The van der Waals surface area contributed by atoms with E-state index in [-0.39, 0.29) is 11.7 Å². The summed E-state index contributed by atoms with van der Waals surface area (Å²) in [5.41, 5.74) is 1.23. The summed E-state index contributed by atoms with van der Waals surface area (Å²) in [5.74, 6) is 0.0132. The molecule has 0 bridgehead atoms. The van der Waals surface area contributed by atoms with E-state index in [4.69, 9.17) is 0 Å². The van der Waals surface area contributed by atoms with Crippen LogP contribution in [-0.4, -0.2) is 23.5 Å². The van der Waals surface area contributed by atoms with Gasteiger partial charge in [0.2, 0.25) is 0 Å². The standard InChI is InChI=1S/C29H39FN2/c1-23(2)32(21-19-25-12-6-4-7-13-25)24(3)18-20-29(22-31,26-14-8-5-9-15-26)27-16-10-11-17-28(27)30/h4,6-7,10-13,16-17,23-24,26H,5,8-9,14-15,18-21H2,1-3H3. The Bertz CT molecular complexity index is 866. The van der Waals surface area contributed by atoms with E-state index in [0.717, 1.165) is 45.1 Å². The molecule has 2 atom stereocenters. The molecule has 172 valence electrons. The molecule has 0 aromatic heterocycles. The van der Waals surface area contributed by atoms with Crippen LogP contribution in [0.3, 0.4) is 0 Å². The van der Waals surface area contributed by atoms with Crippen LogP contribution in [0, 0.1) is 23.1 Å². The van der Waals surface area contributed by atoms with Crippen LogP contribution < -0.4 is 0 Å². The first-order valence-corrected chi connectivity index (χ1v) is 12.4. The highest BCUT2D eigenvalue weighted by molar-refractivity contribution is 5.35. The topological polar surface area (TPSA) is 27.0 Å². The Morgan fingerprint density at radius 1 is 1.00 bits per heavy atom. The van der Waals surface area contributed by atoms with Gasteiger partial charge in [0.1, 0.15) is 5.82 Å². The van der Waals surface area contributed by atoms with Crippen LogP contribution in [0.4, 0.5) is 4.39 Å². The highest BCUT2D eigenvalue weighted by atomic mass is 19.1. The highest BCUT2D eigenvalue weighted by Crippen LogP contribution is 2.45. The maximum Gasteiger partial charge on any atom is 0.128 e. The molecule has 3 rings (SSSR count). The molecule has 0 aliphatic heterocycles. The normalized spacial score (nSPS) is 17.8. The summed E-state index contributed by atoms with van der Waals surface area (Å²) in [6.45, 7) is 7.76. The predicted octanol–water partition coefficient (Wildman–Crippen LogP) is 7.29. The number of hydrogen-bond donors (Lipinski definition) is 0. The van der Waals surface area contributed by atoms with Gasteiger partial charge in [-0.1, -0.05) is 67.8 Å². The van der Waals surface area contributed by atoms with Gasteiger partial charge in [-0.25, -0.2) is 4.39 Å². The first kappa shape index (κ1) is 24.5. The molecule has 0 spiro atoms. The van der Waals surface area contributed by atoms with Gasteiger partial charge >= 0.3 is 0 Å². The van der Waals surface area contributed by atoms with Gasteiger partial charge in [-0.3, -0.25) is 4.90 Å². The van der Waals surface area contributed by atoms with E-state index in [1.807, 2.05) is 12.1 Å². The summed E-state index contributed by atoms with van der Waals surface area (Å²) < 4.78 is 15.0. The maximum absolute atomic E-state index is 15.0. The summed E-state index contributed by atoms with van der Waals surface area (Å²) in [7, 11) is 0. The molecule has 0 N–H and O–H groups in total. The van der Waals surface area contributed by atoms with Crippen molar-refractivity contribution in [2.24, 2.45) is 5.92 Å². The molecule has 0 saturated heterocycles. The Hall–Kier alpha value is -2.18. The Labute approximate surface area is 194 Å². The Kier molecular flexibility index (Phi) is 8.88. The molecule has 1 aliphatic carbocycles. The molecule has 1 fully saturated rings. The van der Waals surface area contributed by atoms with Crippen molar-refractivity contribution < 1.29 is 4.39 Å². The summed E-state index contributed by atoms with van der Waals surface area (Å²) in [4.78, 5) is 2.54. The third kappa shape index (κ3) is 5.78. The Morgan fingerprint density at radius 3 is 2.28 bits per heavy atom. The van der Waals surface area contributed by atoms with Crippen molar-refractivity contribution in [2.75, 3.05) is 6.54 Å². The minimum absolute atomic E-state index is 0.225. The van der Waals surface area contributed by atoms with Crippen molar-refractivity contribution in [1.29, 1.82) is 5.26 Å². The monoisotopic (exact) mass is 434 g/mol. The maximum atomic E-state index is 15.0. The van der Waals surface area contributed by atoms with Gasteiger partial charge in [0.05, 0.1) is 11.5 Å². The number of nitrogens with zero attached hydrogens (tertiary/aromatic N) is 2. The average molecular weight is 435 g/mol. The summed E-state index contributed by atoms with van der Waals surface area (Å²) >= 11 is 0. The molecule has 3 heteroatoms. The van der Waals surface area contributed by atoms with Gasteiger partial charge in [-0.05, 0) is 70.4 Å². The highest BCUT2D eigenvalue weighted by Gasteiger charge is 2.43. The van der Waals surface area contributed by atoms with Gasteiger partial charge < -0.3 is 0 Å². The number of hydrogen-bond acceptors (Lipinski definition) is 2. The minimum Gasteiger partial charge on any atom is -0.298 e. The zero-order valence-corrected chi connectivity index (χ0v) is 20.1. The Morgan fingerprint density at radius 2 is 1.66 bits per heavy atom. The van der Waals surface area contributed by atoms with Gasteiger partial charge in [0.15, 0.2) is 0 Å². The molecule has 2 unspecified atom stereocenters. The van der Waals surface area contributed by atoms with Crippen LogP contribution in [0.25, 0.3) is 0 Å². The van der Waals surface area contributed by atoms with Crippen LogP contribution in [-0.2, 0) is 11.8 Å².